The average Bonchev–Trinajstić information content (AvgIpc) is 2.92. The summed E-state index contributed by atoms with van der Waals surface area (Å²) < 4.78 is 5.15. The normalized spacial score (nSPS) is 21.1. The first-order valence-electron chi connectivity index (χ1n) is 8.50. The second-order valence-corrected chi connectivity index (χ2v) is 6.78. The molecule has 128 valence electrons. The summed E-state index contributed by atoms with van der Waals surface area (Å²) >= 11 is 0. The molecule has 3 rings (SSSR count). The van der Waals surface area contributed by atoms with Gasteiger partial charge in [0.1, 0.15) is 17.8 Å². The molecule has 1 amide bonds. The van der Waals surface area contributed by atoms with Crippen molar-refractivity contribution < 1.29 is 19.1 Å². The van der Waals surface area contributed by atoms with Gasteiger partial charge < -0.3 is 14.4 Å². The van der Waals surface area contributed by atoms with E-state index in [0.717, 1.165) is 24.0 Å². The number of carbonyl (C=O) groups is 3. The summed E-state index contributed by atoms with van der Waals surface area (Å²) in [6.45, 7) is 0. The van der Waals surface area contributed by atoms with Gasteiger partial charge >= 0.3 is 0 Å². The summed E-state index contributed by atoms with van der Waals surface area (Å²) in [4.78, 5) is 37.6. The van der Waals surface area contributed by atoms with E-state index >= 15 is 0 Å². The van der Waals surface area contributed by atoms with Gasteiger partial charge in [-0.25, -0.2) is 0 Å². The Morgan fingerprint density at radius 1 is 1.12 bits per heavy atom. The molecule has 5 heteroatoms. The van der Waals surface area contributed by atoms with E-state index in [1.807, 2.05) is 24.3 Å². The van der Waals surface area contributed by atoms with Crippen LogP contribution in [0, 0.1) is 0 Å². The van der Waals surface area contributed by atoms with Crippen LogP contribution in [-0.4, -0.2) is 41.6 Å². The van der Waals surface area contributed by atoms with Gasteiger partial charge in [0, 0.05) is 24.8 Å². The maximum atomic E-state index is 12.5. The number of benzene rings is 1. The fraction of sp³-hybridized carbons (Fsp3) is 0.526. The molecule has 0 aromatic heterocycles. The minimum absolute atomic E-state index is 0.0370. The zero-order valence-electron chi connectivity index (χ0n) is 14.0. The molecule has 1 spiro atoms. The van der Waals surface area contributed by atoms with Gasteiger partial charge in [0.05, 0.1) is 13.2 Å². The summed E-state index contributed by atoms with van der Waals surface area (Å²) in [5.74, 6) is 1.06. The van der Waals surface area contributed by atoms with Gasteiger partial charge in [0.15, 0.2) is 0 Å². The van der Waals surface area contributed by atoms with Crippen molar-refractivity contribution in [3.8, 4) is 5.75 Å². The molecule has 1 aromatic carbocycles. The lowest BCUT2D eigenvalue weighted by Gasteiger charge is -2.43. The average molecular weight is 329 g/mol. The number of ketones is 1. The monoisotopic (exact) mass is 329 g/mol. The SMILES string of the molecule is COc1ccc(C[C@@H](C=O)N2C(=O)CCC23CCC(=O)CC3)cc1. The minimum atomic E-state index is -0.471. The Bertz CT molecular complexity index is 627. The van der Waals surface area contributed by atoms with Gasteiger partial charge in [-0.1, -0.05) is 12.1 Å². The molecular weight excluding hydrogens is 306 g/mol. The van der Waals surface area contributed by atoms with E-state index in [4.69, 9.17) is 4.74 Å². The van der Waals surface area contributed by atoms with Crippen LogP contribution in [0.4, 0.5) is 0 Å². The number of amides is 1. The molecule has 0 bridgehead atoms. The highest BCUT2D eigenvalue weighted by Crippen LogP contribution is 2.42. The third kappa shape index (κ3) is 3.07. The molecule has 1 heterocycles. The predicted octanol–water partition coefficient (Wildman–Crippen LogP) is 2.31. The van der Waals surface area contributed by atoms with Crippen molar-refractivity contribution >= 4 is 18.0 Å². The summed E-state index contributed by atoms with van der Waals surface area (Å²) in [7, 11) is 1.61. The summed E-state index contributed by atoms with van der Waals surface area (Å²) in [5, 5.41) is 0. The Kier molecular flexibility index (Phi) is 4.69. The van der Waals surface area contributed by atoms with Gasteiger partial charge in [-0.05, 0) is 43.4 Å². The Hall–Kier alpha value is -2.17. The summed E-state index contributed by atoms with van der Waals surface area (Å²) in [6.07, 6.45) is 5.00. The van der Waals surface area contributed by atoms with E-state index in [1.54, 1.807) is 12.0 Å². The number of rotatable bonds is 5. The van der Waals surface area contributed by atoms with Gasteiger partial charge in [0.2, 0.25) is 5.91 Å². The number of ether oxygens (including phenoxy) is 1. The quantitative estimate of drug-likeness (QED) is 0.778. The Morgan fingerprint density at radius 2 is 1.75 bits per heavy atom. The minimum Gasteiger partial charge on any atom is -0.497 e. The third-order valence-electron chi connectivity index (χ3n) is 5.41. The molecule has 1 aliphatic carbocycles. The van der Waals surface area contributed by atoms with Crippen LogP contribution in [0.5, 0.6) is 5.75 Å². The lowest BCUT2D eigenvalue weighted by atomic mass is 9.78. The third-order valence-corrected chi connectivity index (χ3v) is 5.41. The maximum Gasteiger partial charge on any atom is 0.223 e. The molecule has 2 fully saturated rings. The maximum absolute atomic E-state index is 12.5. The van der Waals surface area contributed by atoms with Crippen molar-refractivity contribution in [1.29, 1.82) is 0 Å². The number of nitrogens with zero attached hydrogens (tertiary/aromatic N) is 1. The fourth-order valence-electron chi connectivity index (χ4n) is 4.07. The largest absolute Gasteiger partial charge is 0.497 e. The highest BCUT2D eigenvalue weighted by Gasteiger charge is 2.49. The van der Waals surface area contributed by atoms with Crippen LogP contribution in [0.1, 0.15) is 44.1 Å². The Balaban J connectivity index is 1.80. The first-order valence-corrected chi connectivity index (χ1v) is 8.50. The van der Waals surface area contributed by atoms with Crippen LogP contribution >= 0.6 is 0 Å². The smallest absolute Gasteiger partial charge is 0.223 e. The van der Waals surface area contributed by atoms with Crippen LogP contribution in [0.2, 0.25) is 0 Å². The number of hydrogen-bond acceptors (Lipinski definition) is 4. The fourth-order valence-corrected chi connectivity index (χ4v) is 4.07. The number of aldehydes is 1. The summed E-state index contributed by atoms with van der Waals surface area (Å²) in [5.41, 5.74) is 0.692. The number of methoxy groups -OCH3 is 1. The summed E-state index contributed by atoms with van der Waals surface area (Å²) in [6, 6.07) is 7.09. The zero-order valence-corrected chi connectivity index (χ0v) is 14.0. The lowest BCUT2D eigenvalue weighted by molar-refractivity contribution is -0.140. The molecule has 1 atom stereocenters. The van der Waals surface area contributed by atoms with Crippen molar-refractivity contribution in [1.82, 2.24) is 4.90 Å². The van der Waals surface area contributed by atoms with E-state index in [1.165, 1.54) is 0 Å². The molecule has 5 nitrogen and oxygen atoms in total. The second kappa shape index (κ2) is 6.75. The Labute approximate surface area is 142 Å². The van der Waals surface area contributed by atoms with Gasteiger partial charge in [-0.2, -0.15) is 0 Å². The van der Waals surface area contributed by atoms with Crippen LogP contribution < -0.4 is 4.74 Å². The van der Waals surface area contributed by atoms with Gasteiger partial charge in [-0.15, -0.1) is 0 Å². The molecule has 1 saturated heterocycles. The van der Waals surface area contributed by atoms with Gasteiger partial charge in [-0.3, -0.25) is 9.59 Å². The predicted molar refractivity (Wildman–Crippen MR) is 88.8 cm³/mol. The second-order valence-electron chi connectivity index (χ2n) is 6.78. The van der Waals surface area contributed by atoms with Crippen molar-refractivity contribution in [3.63, 3.8) is 0 Å². The molecule has 24 heavy (non-hydrogen) atoms. The molecule has 1 aliphatic heterocycles. The molecule has 0 N–H and O–H groups in total. The highest BCUT2D eigenvalue weighted by molar-refractivity contribution is 5.85. The molecule has 2 aliphatic rings. The van der Waals surface area contributed by atoms with Gasteiger partial charge in [0.25, 0.3) is 0 Å². The van der Waals surface area contributed by atoms with E-state index in [9.17, 15) is 14.4 Å². The Morgan fingerprint density at radius 3 is 2.33 bits per heavy atom. The van der Waals surface area contributed by atoms with E-state index in [2.05, 4.69) is 0 Å². The molecule has 0 radical (unpaired) electrons. The molecule has 1 saturated carbocycles. The molecular formula is C19H23NO4. The van der Waals surface area contributed by atoms with Crippen LogP contribution in [-0.2, 0) is 20.8 Å². The van der Waals surface area contributed by atoms with Crippen LogP contribution in [0.25, 0.3) is 0 Å². The van der Waals surface area contributed by atoms with E-state index < -0.39 is 6.04 Å². The van der Waals surface area contributed by atoms with E-state index in [-0.39, 0.29) is 17.2 Å². The molecule has 0 unspecified atom stereocenters. The van der Waals surface area contributed by atoms with Crippen LogP contribution in [0.3, 0.4) is 0 Å². The first kappa shape index (κ1) is 16.7. The standard InChI is InChI=1S/C19H23NO4/c1-24-17-4-2-14(3-5-17)12-15(13-21)20-18(23)8-11-19(20)9-6-16(22)7-10-19/h2-5,13,15H,6-12H2,1H3/t15-/m0/s1. The molecule has 1 aromatic rings. The number of Topliss-reactive ketones (excluding diaryl/α,β-unsaturated/α-hetero) is 1. The highest BCUT2D eigenvalue weighted by atomic mass is 16.5. The number of hydrogen-bond donors (Lipinski definition) is 0. The van der Waals surface area contributed by atoms with Crippen LogP contribution in [0.15, 0.2) is 24.3 Å². The van der Waals surface area contributed by atoms with Crippen molar-refractivity contribution in [2.45, 2.75) is 56.5 Å². The lowest BCUT2D eigenvalue weighted by Crippen LogP contribution is -2.54. The number of likely N-dealkylation sites (tertiary alicyclic amines) is 1. The topological polar surface area (TPSA) is 63.7 Å². The van der Waals surface area contributed by atoms with Crippen molar-refractivity contribution in [3.05, 3.63) is 29.8 Å². The van der Waals surface area contributed by atoms with E-state index in [0.29, 0.717) is 38.5 Å². The van der Waals surface area contributed by atoms with Crippen molar-refractivity contribution in [2.75, 3.05) is 7.11 Å². The zero-order chi connectivity index (χ0) is 17.2. The number of carbonyl (C=O) groups excluding carboxylic acids is 3. The van der Waals surface area contributed by atoms with Crippen molar-refractivity contribution in [2.24, 2.45) is 0 Å². The first-order chi connectivity index (χ1) is 11.6.